The first-order valence-corrected chi connectivity index (χ1v) is 24.4. The van der Waals surface area contributed by atoms with Crippen LogP contribution in [-0.4, -0.2) is 182 Å². The van der Waals surface area contributed by atoms with Crippen LogP contribution in [0.5, 0.6) is 0 Å². The summed E-state index contributed by atoms with van der Waals surface area (Å²) in [5.74, 6) is -8.80. The number of rotatable bonds is 14. The minimum atomic E-state index is -2.50. The third kappa shape index (κ3) is 8.95. The van der Waals surface area contributed by atoms with Crippen LogP contribution in [-0.2, 0) is 66.4 Å². The van der Waals surface area contributed by atoms with E-state index in [1.807, 2.05) is 27.7 Å². The summed E-state index contributed by atoms with van der Waals surface area (Å²) in [6.45, 7) is 17.2. The molecule has 7 saturated heterocycles. The lowest BCUT2D eigenvalue weighted by molar-refractivity contribution is -0.389. The molecule has 7 aliphatic rings. The second-order valence-corrected chi connectivity index (χ2v) is 21.2. The molecule has 0 aromatic heterocycles. The van der Waals surface area contributed by atoms with Crippen molar-refractivity contribution in [2.75, 3.05) is 35.5 Å². The van der Waals surface area contributed by atoms with Crippen LogP contribution in [0.2, 0.25) is 0 Å². The van der Waals surface area contributed by atoms with Crippen molar-refractivity contribution >= 4 is 5.97 Å². The summed E-state index contributed by atoms with van der Waals surface area (Å²) in [7, 11) is 7.98. The summed E-state index contributed by atoms with van der Waals surface area (Å²) in [5, 5.41) is 43.9. The maximum Gasteiger partial charge on any atom is 0.338 e. The molecule has 18 heteroatoms. The van der Waals surface area contributed by atoms with Crippen molar-refractivity contribution in [1.82, 2.24) is 0 Å². The fourth-order valence-electron chi connectivity index (χ4n) is 13.3. The maximum atomic E-state index is 12.1. The molecule has 1 unspecified atom stereocenters. The highest BCUT2D eigenvalue weighted by Crippen LogP contribution is 2.57. The molecule has 0 aromatic carbocycles. The van der Waals surface area contributed by atoms with Crippen molar-refractivity contribution in [2.24, 2.45) is 29.6 Å². The SMILES string of the molecule is CO[C@H]1CC[C@H](OC2[C@@H](C)[C@@](C)(O)O[C@H]([C@H]3CC[C@H]([C@@H]4CC[C@H]([C@@]5(C)O[C@]6(O[C@H](C[C@@H]7O[C@](O)([C@@H](O)C(=O)O)[C@@H](C)[C@H](OC)[C@@]7(C)OC)C[C@@H](OC)[C@H]6C)[C@H](C)[C@H]5OC)O4)O3)[C@H]2C)O[C@@H]1C. The van der Waals surface area contributed by atoms with Gasteiger partial charge < -0.3 is 82.0 Å². The van der Waals surface area contributed by atoms with Gasteiger partial charge in [0.05, 0.1) is 79.4 Å². The van der Waals surface area contributed by atoms with Crippen LogP contribution in [0.15, 0.2) is 0 Å². The van der Waals surface area contributed by atoms with Crippen molar-refractivity contribution in [3.63, 3.8) is 0 Å². The maximum absolute atomic E-state index is 12.1. The highest BCUT2D eigenvalue weighted by Gasteiger charge is 2.70. The molecular weight excluding hydrogens is 865 g/mol. The van der Waals surface area contributed by atoms with Gasteiger partial charge in [0, 0.05) is 84.4 Å². The van der Waals surface area contributed by atoms with Gasteiger partial charge in [0.1, 0.15) is 11.2 Å². The Morgan fingerprint density at radius 2 is 1.33 bits per heavy atom. The van der Waals surface area contributed by atoms with Gasteiger partial charge in [-0.25, -0.2) is 4.79 Å². The largest absolute Gasteiger partial charge is 0.479 e. The van der Waals surface area contributed by atoms with E-state index >= 15 is 0 Å². The first kappa shape index (κ1) is 52.6. The van der Waals surface area contributed by atoms with Crippen LogP contribution in [0.3, 0.4) is 0 Å². The van der Waals surface area contributed by atoms with Crippen molar-refractivity contribution in [3.8, 4) is 0 Å². The fraction of sp³-hybridized carbons (Fsp3) is 0.979. The van der Waals surface area contributed by atoms with E-state index in [4.69, 9.17) is 61.6 Å². The summed E-state index contributed by atoms with van der Waals surface area (Å²) in [6, 6.07) is 0. The van der Waals surface area contributed by atoms with Gasteiger partial charge in [-0.15, -0.1) is 0 Å². The van der Waals surface area contributed by atoms with Crippen LogP contribution in [0.25, 0.3) is 0 Å². The lowest BCUT2D eigenvalue weighted by Crippen LogP contribution is -2.72. The Kier molecular flexibility index (Phi) is 15.8. The number of aliphatic hydroxyl groups is 3. The highest BCUT2D eigenvalue weighted by atomic mass is 16.7. The molecule has 4 N–H and O–H groups in total. The molecule has 0 aromatic rings. The Hall–Kier alpha value is -1.17. The smallest absolute Gasteiger partial charge is 0.338 e. The zero-order valence-corrected chi connectivity index (χ0v) is 41.7. The van der Waals surface area contributed by atoms with E-state index in [1.165, 1.54) is 14.2 Å². The predicted molar refractivity (Wildman–Crippen MR) is 234 cm³/mol. The molecular formula is C48H82O18. The van der Waals surface area contributed by atoms with E-state index in [0.717, 1.165) is 25.7 Å². The van der Waals surface area contributed by atoms with E-state index in [0.29, 0.717) is 19.3 Å². The average Bonchev–Trinajstić information content (AvgIpc) is 4.02. The quantitative estimate of drug-likeness (QED) is 0.194. The standard InChI is InChI=1S/C48H82O18/c1-23-38(62-37-20-18-30(54-10)28(6)59-37)25(3)46(9,52)65-39(23)33-16-15-31(60-33)32-17-19-35(61-32)45(8)42(57-13)27(5)48(66-45)24(2)34(55-11)21-29(63-48)22-36-44(7,58-14)41(56-12)26(4)47(53,64-36)40(49)43(50)51/h23-42,49,52-53H,15-22H2,1-14H3,(H,50,51)/t23-,24+,25+,26-,27+,28+,29-,30-,31+,32-,33+,34+,35+,36-,37-,38?,39-,40-,41-,42+,44-,45+,46-,47-,48-/m0/s1. The average molecular weight is 947 g/mol. The molecule has 18 nitrogen and oxygen atoms in total. The number of ether oxygens (including phenoxy) is 13. The molecule has 7 aliphatic heterocycles. The molecule has 25 atom stereocenters. The van der Waals surface area contributed by atoms with Gasteiger partial charge in [0.15, 0.2) is 17.9 Å². The van der Waals surface area contributed by atoms with Crippen LogP contribution in [0, 0.1) is 29.6 Å². The zero-order valence-electron chi connectivity index (χ0n) is 41.7. The minimum absolute atomic E-state index is 0.0182. The van der Waals surface area contributed by atoms with Crippen LogP contribution in [0.4, 0.5) is 0 Å². The Balaban J connectivity index is 1.05. The monoisotopic (exact) mass is 947 g/mol. The van der Waals surface area contributed by atoms with E-state index in [9.17, 15) is 25.2 Å². The van der Waals surface area contributed by atoms with Crippen molar-refractivity contribution in [1.29, 1.82) is 0 Å². The number of aliphatic hydroxyl groups excluding tert-OH is 1. The lowest BCUT2D eigenvalue weighted by Gasteiger charge is -2.56. The summed E-state index contributed by atoms with van der Waals surface area (Å²) >= 11 is 0. The first-order valence-electron chi connectivity index (χ1n) is 24.4. The van der Waals surface area contributed by atoms with Gasteiger partial charge in [-0.2, -0.15) is 0 Å². The normalized spacial score (nSPS) is 53.9. The molecule has 0 radical (unpaired) electrons. The summed E-state index contributed by atoms with van der Waals surface area (Å²) in [4.78, 5) is 12.1. The summed E-state index contributed by atoms with van der Waals surface area (Å²) in [6.07, 6.45) is -2.92. The third-order valence-electron chi connectivity index (χ3n) is 17.6. The minimum Gasteiger partial charge on any atom is -0.479 e. The molecule has 7 heterocycles. The first-order chi connectivity index (χ1) is 31.0. The van der Waals surface area contributed by atoms with E-state index in [1.54, 1.807) is 42.1 Å². The molecule has 0 bridgehead atoms. The fourth-order valence-corrected chi connectivity index (χ4v) is 13.3. The number of hydrogen-bond donors (Lipinski definition) is 4. The molecule has 382 valence electrons. The van der Waals surface area contributed by atoms with Gasteiger partial charge in [-0.3, -0.25) is 0 Å². The lowest BCUT2D eigenvalue weighted by atomic mass is 9.73. The Labute approximate surface area is 391 Å². The van der Waals surface area contributed by atoms with Gasteiger partial charge in [0.25, 0.3) is 0 Å². The number of hydrogen-bond acceptors (Lipinski definition) is 17. The molecule has 0 aliphatic carbocycles. The number of aliphatic carboxylic acids is 1. The van der Waals surface area contributed by atoms with Gasteiger partial charge in [0.2, 0.25) is 11.9 Å². The number of carboxylic acids is 1. The second-order valence-electron chi connectivity index (χ2n) is 21.2. The Morgan fingerprint density at radius 1 is 0.697 bits per heavy atom. The van der Waals surface area contributed by atoms with Crippen LogP contribution in [0.1, 0.15) is 114 Å². The topological polar surface area (TPSA) is 218 Å². The molecule has 66 heavy (non-hydrogen) atoms. The molecule has 0 amide bonds. The van der Waals surface area contributed by atoms with E-state index in [2.05, 4.69) is 13.8 Å². The molecule has 7 fully saturated rings. The second kappa shape index (κ2) is 19.8. The van der Waals surface area contributed by atoms with Crippen LogP contribution >= 0.6 is 0 Å². The van der Waals surface area contributed by atoms with Crippen molar-refractivity contribution in [3.05, 3.63) is 0 Å². The number of methoxy groups -OCH3 is 5. The highest BCUT2D eigenvalue weighted by molar-refractivity contribution is 5.73. The number of carboxylic acid groups (broad SMARTS) is 1. The molecule has 7 rings (SSSR count). The van der Waals surface area contributed by atoms with E-state index < -0.39 is 83.4 Å². The Bertz CT molecular complexity index is 1660. The molecule has 1 spiro atoms. The third-order valence-corrected chi connectivity index (χ3v) is 17.6. The zero-order chi connectivity index (χ0) is 48.5. The molecule has 0 saturated carbocycles. The predicted octanol–water partition coefficient (Wildman–Crippen LogP) is 3.94. The summed E-state index contributed by atoms with van der Waals surface area (Å²) in [5.41, 5.74) is -2.16. The van der Waals surface area contributed by atoms with Crippen molar-refractivity contribution < 1.29 is 86.8 Å². The Morgan fingerprint density at radius 3 is 1.94 bits per heavy atom. The van der Waals surface area contributed by atoms with Crippen LogP contribution < -0.4 is 0 Å². The number of carbonyl (C=O) groups is 1. The van der Waals surface area contributed by atoms with Crippen molar-refractivity contribution in [2.45, 2.75) is 234 Å². The van der Waals surface area contributed by atoms with Gasteiger partial charge in [-0.05, 0) is 59.8 Å². The van der Waals surface area contributed by atoms with Gasteiger partial charge >= 0.3 is 5.97 Å². The van der Waals surface area contributed by atoms with E-state index in [-0.39, 0.29) is 78.9 Å². The van der Waals surface area contributed by atoms with Gasteiger partial charge in [-0.1, -0.05) is 34.6 Å². The summed E-state index contributed by atoms with van der Waals surface area (Å²) < 4.78 is 83.8.